The number of carboxylic acids is 1. The number of phenols is 1. The van der Waals surface area contributed by atoms with Crippen molar-refractivity contribution < 1.29 is 19.8 Å². The molecule has 0 saturated heterocycles. The number of phenolic OH excluding ortho intramolecular Hbond substituents is 1. The van der Waals surface area contributed by atoms with Crippen molar-refractivity contribution in [3.05, 3.63) is 23.8 Å². The second-order valence-electron chi connectivity index (χ2n) is 5.72. The fourth-order valence-corrected chi connectivity index (χ4v) is 1.34. The molecule has 0 spiro atoms. The van der Waals surface area contributed by atoms with Gasteiger partial charge in [-0.3, -0.25) is 0 Å². The summed E-state index contributed by atoms with van der Waals surface area (Å²) in [4.78, 5) is 22.5. The van der Waals surface area contributed by atoms with E-state index in [4.69, 9.17) is 5.11 Å². The summed E-state index contributed by atoms with van der Waals surface area (Å²) in [6.45, 7) is 7.87. The van der Waals surface area contributed by atoms with E-state index < -0.39 is 12.0 Å². The maximum atomic E-state index is 11.8. The standard InChI is InChI=1S/C14H20N2O4/c1-8(14(2,3)4)15-13(20)16-10-6-5-9(12(18)19)7-11(10)17/h5-8,17H,1-4H3,(H,18,19)(H2,15,16,20). The number of amides is 2. The van der Waals surface area contributed by atoms with Crippen LogP contribution in [0.4, 0.5) is 10.5 Å². The SMILES string of the molecule is CC(NC(=O)Nc1ccc(C(=O)O)cc1O)C(C)(C)C. The molecule has 6 nitrogen and oxygen atoms in total. The average molecular weight is 280 g/mol. The summed E-state index contributed by atoms with van der Waals surface area (Å²) in [6, 6.07) is 3.23. The molecule has 1 aromatic carbocycles. The van der Waals surface area contributed by atoms with Crippen molar-refractivity contribution in [2.75, 3.05) is 5.32 Å². The average Bonchev–Trinajstić information content (AvgIpc) is 2.30. The Hall–Kier alpha value is -2.24. The minimum atomic E-state index is -1.14. The van der Waals surface area contributed by atoms with E-state index in [0.29, 0.717) is 0 Å². The Labute approximate surface area is 117 Å². The first-order chi connectivity index (χ1) is 9.11. The summed E-state index contributed by atoms with van der Waals surface area (Å²) in [7, 11) is 0. The number of rotatable bonds is 3. The fourth-order valence-electron chi connectivity index (χ4n) is 1.34. The lowest BCUT2D eigenvalue weighted by atomic mass is 9.88. The maximum Gasteiger partial charge on any atom is 0.335 e. The lowest BCUT2D eigenvalue weighted by molar-refractivity contribution is 0.0696. The van der Waals surface area contributed by atoms with Crippen molar-refractivity contribution in [1.82, 2.24) is 5.32 Å². The molecule has 2 amide bonds. The molecule has 1 unspecified atom stereocenters. The quantitative estimate of drug-likeness (QED) is 0.640. The molecule has 6 heteroatoms. The minimum absolute atomic E-state index is 0.0449. The fraction of sp³-hybridized carbons (Fsp3) is 0.429. The van der Waals surface area contributed by atoms with Gasteiger partial charge in [0, 0.05) is 6.04 Å². The van der Waals surface area contributed by atoms with Gasteiger partial charge in [0.25, 0.3) is 0 Å². The Morgan fingerprint density at radius 2 is 1.85 bits per heavy atom. The largest absolute Gasteiger partial charge is 0.506 e. The van der Waals surface area contributed by atoms with E-state index in [0.717, 1.165) is 6.07 Å². The zero-order valence-corrected chi connectivity index (χ0v) is 12.0. The van der Waals surface area contributed by atoms with Gasteiger partial charge in [-0.15, -0.1) is 0 Å². The Kier molecular flexibility index (Phi) is 4.60. The van der Waals surface area contributed by atoms with Crippen molar-refractivity contribution >= 4 is 17.7 Å². The van der Waals surface area contributed by atoms with Crippen LogP contribution in [-0.2, 0) is 0 Å². The number of urea groups is 1. The number of hydrogen-bond acceptors (Lipinski definition) is 3. The number of carbonyl (C=O) groups is 2. The highest BCUT2D eigenvalue weighted by atomic mass is 16.4. The third-order valence-electron chi connectivity index (χ3n) is 3.14. The number of carboxylic acid groups (broad SMARTS) is 1. The first kappa shape index (κ1) is 15.8. The van der Waals surface area contributed by atoms with E-state index in [9.17, 15) is 14.7 Å². The molecule has 0 radical (unpaired) electrons. The van der Waals surface area contributed by atoms with Crippen LogP contribution < -0.4 is 10.6 Å². The van der Waals surface area contributed by atoms with Gasteiger partial charge in [-0.2, -0.15) is 0 Å². The summed E-state index contributed by atoms with van der Waals surface area (Å²) in [5.74, 6) is -1.43. The molecule has 0 aromatic heterocycles. The summed E-state index contributed by atoms with van der Waals surface area (Å²) in [6.07, 6.45) is 0. The molecule has 0 saturated carbocycles. The Morgan fingerprint density at radius 1 is 1.25 bits per heavy atom. The first-order valence-electron chi connectivity index (χ1n) is 6.25. The second-order valence-corrected chi connectivity index (χ2v) is 5.72. The first-order valence-corrected chi connectivity index (χ1v) is 6.25. The van der Waals surface area contributed by atoms with Crippen LogP contribution in [0, 0.1) is 5.41 Å². The predicted molar refractivity (Wildman–Crippen MR) is 76.1 cm³/mol. The number of carbonyl (C=O) groups excluding carboxylic acids is 1. The number of hydrogen-bond donors (Lipinski definition) is 4. The van der Waals surface area contributed by atoms with Crippen LogP contribution in [0.2, 0.25) is 0 Å². The molecule has 0 bridgehead atoms. The molecule has 0 fully saturated rings. The number of benzene rings is 1. The van der Waals surface area contributed by atoms with Gasteiger partial charge in [0.15, 0.2) is 0 Å². The van der Waals surface area contributed by atoms with Crippen LogP contribution in [0.3, 0.4) is 0 Å². The molecule has 110 valence electrons. The summed E-state index contributed by atoms with van der Waals surface area (Å²) < 4.78 is 0. The molecule has 0 aliphatic heterocycles. The van der Waals surface area contributed by atoms with E-state index in [-0.39, 0.29) is 28.5 Å². The van der Waals surface area contributed by atoms with Gasteiger partial charge in [0.1, 0.15) is 5.75 Å². The molecule has 1 atom stereocenters. The normalized spacial score (nSPS) is 12.6. The van der Waals surface area contributed by atoms with Crippen LogP contribution >= 0.6 is 0 Å². The molecule has 0 aliphatic carbocycles. The van der Waals surface area contributed by atoms with Crippen molar-refractivity contribution in [1.29, 1.82) is 0 Å². The third-order valence-corrected chi connectivity index (χ3v) is 3.14. The van der Waals surface area contributed by atoms with Gasteiger partial charge >= 0.3 is 12.0 Å². The smallest absolute Gasteiger partial charge is 0.335 e. The summed E-state index contributed by atoms with van der Waals surface area (Å²) in [5, 5.41) is 23.7. The van der Waals surface area contributed by atoms with E-state index in [1.54, 1.807) is 0 Å². The van der Waals surface area contributed by atoms with E-state index >= 15 is 0 Å². The number of anilines is 1. The molecular weight excluding hydrogens is 260 g/mol. The highest BCUT2D eigenvalue weighted by Gasteiger charge is 2.22. The van der Waals surface area contributed by atoms with Crippen LogP contribution in [0.1, 0.15) is 38.1 Å². The monoisotopic (exact) mass is 280 g/mol. The molecule has 1 rings (SSSR count). The third kappa shape index (κ3) is 4.15. The zero-order chi connectivity index (χ0) is 15.5. The van der Waals surface area contributed by atoms with Gasteiger partial charge in [0.05, 0.1) is 11.3 Å². The van der Waals surface area contributed by atoms with Crippen molar-refractivity contribution in [2.24, 2.45) is 5.41 Å². The molecule has 1 aromatic rings. The lowest BCUT2D eigenvalue weighted by Crippen LogP contribution is -2.43. The number of nitrogens with one attached hydrogen (secondary N) is 2. The maximum absolute atomic E-state index is 11.8. The minimum Gasteiger partial charge on any atom is -0.506 e. The Balaban J connectivity index is 2.74. The highest BCUT2D eigenvalue weighted by Crippen LogP contribution is 2.24. The van der Waals surface area contributed by atoms with Gasteiger partial charge in [-0.1, -0.05) is 20.8 Å². The van der Waals surface area contributed by atoms with Crippen molar-refractivity contribution in [3.63, 3.8) is 0 Å². The Bertz CT molecular complexity index is 520. The van der Waals surface area contributed by atoms with E-state index in [2.05, 4.69) is 10.6 Å². The molecule has 4 N–H and O–H groups in total. The van der Waals surface area contributed by atoms with Crippen LogP contribution in [0.5, 0.6) is 5.75 Å². The zero-order valence-electron chi connectivity index (χ0n) is 12.0. The number of aromatic carboxylic acids is 1. The molecule has 0 aliphatic rings. The van der Waals surface area contributed by atoms with Crippen LogP contribution in [-0.4, -0.2) is 28.3 Å². The van der Waals surface area contributed by atoms with Crippen LogP contribution in [0.25, 0.3) is 0 Å². The van der Waals surface area contributed by atoms with E-state index in [1.165, 1.54) is 12.1 Å². The highest BCUT2D eigenvalue weighted by molar-refractivity contribution is 5.93. The van der Waals surface area contributed by atoms with Gasteiger partial charge in [0.2, 0.25) is 0 Å². The molecule has 0 heterocycles. The van der Waals surface area contributed by atoms with E-state index in [1.807, 2.05) is 27.7 Å². The topological polar surface area (TPSA) is 98.7 Å². The lowest BCUT2D eigenvalue weighted by Gasteiger charge is -2.28. The Morgan fingerprint density at radius 3 is 2.30 bits per heavy atom. The molecular formula is C14H20N2O4. The van der Waals surface area contributed by atoms with Gasteiger partial charge < -0.3 is 20.8 Å². The van der Waals surface area contributed by atoms with Crippen LogP contribution in [0.15, 0.2) is 18.2 Å². The van der Waals surface area contributed by atoms with Crippen molar-refractivity contribution in [3.8, 4) is 5.75 Å². The molecule has 20 heavy (non-hydrogen) atoms. The van der Waals surface area contributed by atoms with Gasteiger partial charge in [-0.05, 0) is 30.5 Å². The number of aromatic hydroxyl groups is 1. The van der Waals surface area contributed by atoms with Crippen molar-refractivity contribution in [2.45, 2.75) is 33.7 Å². The van der Waals surface area contributed by atoms with Gasteiger partial charge in [-0.25, -0.2) is 9.59 Å². The summed E-state index contributed by atoms with van der Waals surface area (Å²) in [5.41, 5.74) is 0.0251. The second kappa shape index (κ2) is 5.81. The predicted octanol–water partition coefficient (Wildman–Crippen LogP) is 2.65. The summed E-state index contributed by atoms with van der Waals surface area (Å²) >= 11 is 0.